The lowest BCUT2D eigenvalue weighted by molar-refractivity contribution is -0.123. The first-order valence-electron chi connectivity index (χ1n) is 6.08. The minimum atomic E-state index is 0. The first-order chi connectivity index (χ1) is 7.02. The fourth-order valence-electron chi connectivity index (χ4n) is 2.21. The Bertz CT molecular complexity index is 213. The Hall–Kier alpha value is -0.280. The second-order valence-electron chi connectivity index (χ2n) is 5.19. The van der Waals surface area contributed by atoms with Gasteiger partial charge in [0, 0.05) is 18.0 Å². The molecule has 1 aliphatic rings. The summed E-state index contributed by atoms with van der Waals surface area (Å²) in [5.41, 5.74) is 5.68. The zero-order valence-electron chi connectivity index (χ0n) is 10.4. The van der Waals surface area contributed by atoms with Crippen molar-refractivity contribution in [2.24, 2.45) is 5.73 Å². The number of halogens is 1. The van der Waals surface area contributed by atoms with E-state index in [-0.39, 0.29) is 29.9 Å². The maximum atomic E-state index is 11.7. The van der Waals surface area contributed by atoms with Gasteiger partial charge in [0.2, 0.25) is 5.91 Å². The molecular formula is C12H25ClN2O. The van der Waals surface area contributed by atoms with E-state index in [1.54, 1.807) is 0 Å². The number of nitrogens with one attached hydrogen (secondary N) is 1. The summed E-state index contributed by atoms with van der Waals surface area (Å²) in [5, 5.41) is 3.16. The molecule has 0 radical (unpaired) electrons. The van der Waals surface area contributed by atoms with Crippen LogP contribution in [0.25, 0.3) is 0 Å². The van der Waals surface area contributed by atoms with Crippen LogP contribution in [0.1, 0.15) is 58.8 Å². The number of nitrogens with two attached hydrogens (primary N) is 1. The van der Waals surface area contributed by atoms with Crippen molar-refractivity contribution in [1.29, 1.82) is 0 Å². The number of carbonyl (C=O) groups excluding carboxylic acids is 1. The second kappa shape index (κ2) is 7.13. The van der Waals surface area contributed by atoms with Crippen LogP contribution < -0.4 is 11.1 Å². The third kappa shape index (κ3) is 5.71. The fraction of sp³-hybridized carbons (Fsp3) is 0.917. The average Bonchev–Trinajstić information content (AvgIpc) is 2.15. The summed E-state index contributed by atoms with van der Waals surface area (Å²) < 4.78 is 0. The summed E-state index contributed by atoms with van der Waals surface area (Å²) in [7, 11) is 0. The zero-order chi connectivity index (χ0) is 11.3. The molecular weight excluding hydrogens is 224 g/mol. The summed E-state index contributed by atoms with van der Waals surface area (Å²) in [4.78, 5) is 11.7. The molecule has 1 atom stereocenters. The SMILES string of the molecule is CC(N)CCC(=O)NC1(C)CCCCC1.Cl. The van der Waals surface area contributed by atoms with E-state index in [4.69, 9.17) is 5.73 Å². The van der Waals surface area contributed by atoms with E-state index in [0.29, 0.717) is 6.42 Å². The van der Waals surface area contributed by atoms with Crippen molar-refractivity contribution < 1.29 is 4.79 Å². The summed E-state index contributed by atoms with van der Waals surface area (Å²) in [5.74, 6) is 0.164. The summed E-state index contributed by atoms with van der Waals surface area (Å²) >= 11 is 0. The van der Waals surface area contributed by atoms with Crippen molar-refractivity contribution in [2.75, 3.05) is 0 Å². The van der Waals surface area contributed by atoms with Gasteiger partial charge in [0.25, 0.3) is 0 Å². The summed E-state index contributed by atoms with van der Waals surface area (Å²) in [6.45, 7) is 4.10. The molecule has 0 aliphatic heterocycles. The molecule has 96 valence electrons. The van der Waals surface area contributed by atoms with Gasteiger partial charge in [0.15, 0.2) is 0 Å². The average molecular weight is 249 g/mol. The minimum absolute atomic E-state index is 0. The first kappa shape index (κ1) is 15.7. The lowest BCUT2D eigenvalue weighted by atomic mass is 9.83. The van der Waals surface area contributed by atoms with Crippen molar-refractivity contribution >= 4 is 18.3 Å². The highest BCUT2D eigenvalue weighted by Gasteiger charge is 2.27. The maximum absolute atomic E-state index is 11.7. The Labute approximate surface area is 105 Å². The van der Waals surface area contributed by atoms with Gasteiger partial charge >= 0.3 is 0 Å². The molecule has 1 rings (SSSR count). The Morgan fingerprint density at radius 1 is 1.38 bits per heavy atom. The van der Waals surface area contributed by atoms with Crippen LogP contribution in [0.15, 0.2) is 0 Å². The Morgan fingerprint density at radius 3 is 2.44 bits per heavy atom. The molecule has 0 aromatic heterocycles. The molecule has 0 saturated heterocycles. The highest BCUT2D eigenvalue weighted by Crippen LogP contribution is 2.27. The number of rotatable bonds is 4. The van der Waals surface area contributed by atoms with E-state index in [0.717, 1.165) is 19.3 Å². The molecule has 16 heavy (non-hydrogen) atoms. The molecule has 1 amide bonds. The molecule has 0 bridgehead atoms. The number of hydrogen-bond acceptors (Lipinski definition) is 2. The minimum Gasteiger partial charge on any atom is -0.351 e. The van der Waals surface area contributed by atoms with Crippen molar-refractivity contribution in [2.45, 2.75) is 70.4 Å². The van der Waals surface area contributed by atoms with Crippen LogP contribution in [-0.4, -0.2) is 17.5 Å². The van der Waals surface area contributed by atoms with E-state index >= 15 is 0 Å². The Kier molecular flexibility index (Phi) is 7.00. The molecule has 3 nitrogen and oxygen atoms in total. The zero-order valence-corrected chi connectivity index (χ0v) is 11.2. The van der Waals surface area contributed by atoms with Gasteiger partial charge in [-0.3, -0.25) is 4.79 Å². The molecule has 0 aromatic rings. The van der Waals surface area contributed by atoms with Gasteiger partial charge in [-0.1, -0.05) is 19.3 Å². The lowest BCUT2D eigenvalue weighted by Gasteiger charge is -2.34. The Morgan fingerprint density at radius 2 is 1.94 bits per heavy atom. The molecule has 3 N–H and O–H groups in total. The van der Waals surface area contributed by atoms with Gasteiger partial charge < -0.3 is 11.1 Å². The monoisotopic (exact) mass is 248 g/mol. The van der Waals surface area contributed by atoms with Gasteiger partial charge in [-0.25, -0.2) is 0 Å². The standard InChI is InChI=1S/C12H24N2O.ClH/c1-10(13)6-7-11(15)14-12(2)8-4-3-5-9-12;/h10H,3-9,13H2,1-2H3,(H,14,15);1H. The molecule has 1 unspecified atom stereocenters. The van der Waals surface area contributed by atoms with Gasteiger partial charge in [-0.05, 0) is 33.1 Å². The first-order valence-corrected chi connectivity index (χ1v) is 6.08. The third-order valence-corrected chi connectivity index (χ3v) is 3.23. The van der Waals surface area contributed by atoms with Crippen molar-refractivity contribution in [1.82, 2.24) is 5.32 Å². The Balaban J connectivity index is 0.00000225. The largest absolute Gasteiger partial charge is 0.351 e. The lowest BCUT2D eigenvalue weighted by Crippen LogP contribution is -2.47. The molecule has 0 spiro atoms. The van der Waals surface area contributed by atoms with Gasteiger partial charge in [0.1, 0.15) is 0 Å². The van der Waals surface area contributed by atoms with Crippen LogP contribution in [0.4, 0.5) is 0 Å². The van der Waals surface area contributed by atoms with Crippen LogP contribution in [0.3, 0.4) is 0 Å². The van der Waals surface area contributed by atoms with E-state index < -0.39 is 0 Å². The predicted octanol–water partition coefficient (Wildman–Crippen LogP) is 2.37. The predicted molar refractivity (Wildman–Crippen MR) is 69.8 cm³/mol. The molecule has 4 heteroatoms. The van der Waals surface area contributed by atoms with E-state index in [2.05, 4.69) is 12.2 Å². The van der Waals surface area contributed by atoms with Crippen LogP contribution in [0.2, 0.25) is 0 Å². The van der Waals surface area contributed by atoms with Crippen molar-refractivity contribution in [3.8, 4) is 0 Å². The molecule has 1 saturated carbocycles. The van der Waals surface area contributed by atoms with Gasteiger partial charge in [0.05, 0.1) is 0 Å². The van der Waals surface area contributed by atoms with E-state index in [9.17, 15) is 4.79 Å². The maximum Gasteiger partial charge on any atom is 0.220 e. The van der Waals surface area contributed by atoms with Crippen LogP contribution in [0, 0.1) is 0 Å². The highest BCUT2D eigenvalue weighted by atomic mass is 35.5. The topological polar surface area (TPSA) is 55.1 Å². The molecule has 0 aromatic carbocycles. The fourth-order valence-corrected chi connectivity index (χ4v) is 2.21. The summed E-state index contributed by atoms with van der Waals surface area (Å²) in [6, 6.07) is 0.120. The molecule has 1 fully saturated rings. The second-order valence-corrected chi connectivity index (χ2v) is 5.19. The van der Waals surface area contributed by atoms with E-state index in [1.165, 1.54) is 19.3 Å². The van der Waals surface area contributed by atoms with Gasteiger partial charge in [-0.2, -0.15) is 0 Å². The van der Waals surface area contributed by atoms with Crippen molar-refractivity contribution in [3.05, 3.63) is 0 Å². The van der Waals surface area contributed by atoms with E-state index in [1.807, 2.05) is 6.92 Å². The molecule has 0 heterocycles. The van der Waals surface area contributed by atoms with Crippen LogP contribution in [0.5, 0.6) is 0 Å². The number of carbonyl (C=O) groups is 1. The number of amides is 1. The summed E-state index contributed by atoms with van der Waals surface area (Å²) in [6.07, 6.45) is 7.38. The smallest absolute Gasteiger partial charge is 0.220 e. The van der Waals surface area contributed by atoms with Crippen molar-refractivity contribution in [3.63, 3.8) is 0 Å². The number of hydrogen-bond donors (Lipinski definition) is 2. The quantitative estimate of drug-likeness (QED) is 0.803. The third-order valence-electron chi connectivity index (χ3n) is 3.23. The van der Waals surface area contributed by atoms with Crippen LogP contribution >= 0.6 is 12.4 Å². The normalized spacial score (nSPS) is 20.7. The van der Waals surface area contributed by atoms with Crippen LogP contribution in [-0.2, 0) is 4.79 Å². The highest BCUT2D eigenvalue weighted by molar-refractivity contribution is 5.85. The molecule has 1 aliphatic carbocycles. The van der Waals surface area contributed by atoms with Gasteiger partial charge in [-0.15, -0.1) is 12.4 Å².